The van der Waals surface area contributed by atoms with Crippen molar-refractivity contribution in [3.8, 4) is 0 Å². The van der Waals surface area contributed by atoms with Gasteiger partial charge in [0.15, 0.2) is 0 Å². The third-order valence-electron chi connectivity index (χ3n) is 2.92. The highest BCUT2D eigenvalue weighted by atomic mass is 35.5. The first-order valence-corrected chi connectivity index (χ1v) is 5.76. The van der Waals surface area contributed by atoms with Crippen LogP contribution < -0.4 is 10.2 Å². The number of nitrogens with zero attached hydrogens (tertiary/aromatic N) is 1. The van der Waals surface area contributed by atoms with E-state index in [1.54, 1.807) is 0 Å². The number of nitrogens with one attached hydrogen (secondary N) is 1. The van der Waals surface area contributed by atoms with E-state index in [9.17, 15) is 0 Å². The van der Waals surface area contributed by atoms with E-state index < -0.39 is 0 Å². The second kappa shape index (κ2) is 4.42. The molecule has 0 saturated heterocycles. The van der Waals surface area contributed by atoms with Gasteiger partial charge in [-0.3, -0.25) is 0 Å². The summed E-state index contributed by atoms with van der Waals surface area (Å²) in [7, 11) is 4.10. The fourth-order valence-corrected chi connectivity index (χ4v) is 2.12. The molecule has 0 radical (unpaired) electrons. The third kappa shape index (κ3) is 2.27. The van der Waals surface area contributed by atoms with Gasteiger partial charge in [0.2, 0.25) is 0 Å². The van der Waals surface area contributed by atoms with Crippen molar-refractivity contribution in [2.24, 2.45) is 0 Å². The van der Waals surface area contributed by atoms with Crippen LogP contribution in [0.25, 0.3) is 0 Å². The highest BCUT2D eigenvalue weighted by molar-refractivity contribution is 6.31. The summed E-state index contributed by atoms with van der Waals surface area (Å²) in [6.45, 7) is 0.825. The van der Waals surface area contributed by atoms with Crippen molar-refractivity contribution < 1.29 is 0 Å². The van der Waals surface area contributed by atoms with Gasteiger partial charge in [0.25, 0.3) is 0 Å². The summed E-state index contributed by atoms with van der Waals surface area (Å²) in [6, 6.07) is 6.85. The van der Waals surface area contributed by atoms with E-state index in [1.165, 1.54) is 24.1 Å². The van der Waals surface area contributed by atoms with Crippen molar-refractivity contribution in [1.29, 1.82) is 0 Å². The first kappa shape index (κ1) is 10.8. The Labute approximate surface area is 96.2 Å². The molecule has 1 aliphatic rings. The Bertz CT molecular complexity index is 347. The smallest absolute Gasteiger partial charge is 0.0471 e. The van der Waals surface area contributed by atoms with Crippen molar-refractivity contribution in [3.05, 3.63) is 28.8 Å². The molecule has 1 saturated carbocycles. The summed E-state index contributed by atoms with van der Waals surface area (Å²) >= 11 is 6.21. The molecule has 1 aromatic rings. The summed E-state index contributed by atoms with van der Waals surface area (Å²) in [5.74, 6) is 0. The summed E-state index contributed by atoms with van der Waals surface area (Å²) in [6.07, 6.45) is 2.62. The Morgan fingerprint density at radius 3 is 2.80 bits per heavy atom. The molecule has 0 heterocycles. The number of rotatable bonds is 4. The predicted molar refractivity (Wildman–Crippen MR) is 65.6 cm³/mol. The van der Waals surface area contributed by atoms with Crippen LogP contribution in [-0.2, 0) is 6.54 Å². The zero-order chi connectivity index (χ0) is 10.8. The Hall–Kier alpha value is -0.730. The molecule has 3 heteroatoms. The lowest BCUT2D eigenvalue weighted by molar-refractivity contribution is 0.805. The van der Waals surface area contributed by atoms with Crippen molar-refractivity contribution >= 4 is 17.3 Å². The van der Waals surface area contributed by atoms with Crippen LogP contribution in [0.1, 0.15) is 18.4 Å². The quantitative estimate of drug-likeness (QED) is 0.846. The molecular formula is C12H17ClN2. The number of hydrogen-bond donors (Lipinski definition) is 1. The van der Waals surface area contributed by atoms with Crippen molar-refractivity contribution in [2.45, 2.75) is 25.4 Å². The number of anilines is 1. The second-order valence-electron chi connectivity index (χ2n) is 4.11. The molecule has 0 bridgehead atoms. The lowest BCUT2D eigenvalue weighted by Gasteiger charge is -2.22. The predicted octanol–water partition coefficient (Wildman–Crippen LogP) is 2.66. The van der Waals surface area contributed by atoms with E-state index in [0.717, 1.165) is 17.6 Å². The van der Waals surface area contributed by atoms with Gasteiger partial charge in [-0.25, -0.2) is 0 Å². The summed E-state index contributed by atoms with van der Waals surface area (Å²) in [4.78, 5) is 2.35. The van der Waals surface area contributed by atoms with Crippen LogP contribution in [0.15, 0.2) is 18.2 Å². The summed E-state index contributed by atoms with van der Waals surface area (Å²) < 4.78 is 0. The van der Waals surface area contributed by atoms with Crippen molar-refractivity contribution in [2.75, 3.05) is 19.0 Å². The largest absolute Gasteiger partial charge is 0.371 e. The van der Waals surface area contributed by atoms with E-state index in [0.29, 0.717) is 0 Å². The minimum atomic E-state index is 0.721. The lowest BCUT2D eigenvalue weighted by Crippen LogP contribution is -2.22. The Balaban J connectivity index is 2.31. The zero-order valence-electron chi connectivity index (χ0n) is 9.26. The molecule has 2 rings (SSSR count). The molecular weight excluding hydrogens is 208 g/mol. The fraction of sp³-hybridized carbons (Fsp3) is 0.500. The molecule has 15 heavy (non-hydrogen) atoms. The molecule has 0 aliphatic heterocycles. The van der Waals surface area contributed by atoms with Gasteiger partial charge in [-0.05, 0) is 32.0 Å². The van der Waals surface area contributed by atoms with Crippen molar-refractivity contribution in [3.63, 3.8) is 0 Å². The molecule has 1 N–H and O–H groups in total. The van der Waals surface area contributed by atoms with Crippen molar-refractivity contribution in [1.82, 2.24) is 5.32 Å². The van der Waals surface area contributed by atoms with Crippen LogP contribution in [0.3, 0.4) is 0 Å². The van der Waals surface area contributed by atoms with Crippen LogP contribution in [0.4, 0.5) is 5.69 Å². The molecule has 1 aromatic carbocycles. The van der Waals surface area contributed by atoms with E-state index in [4.69, 9.17) is 11.6 Å². The van der Waals surface area contributed by atoms with Crippen LogP contribution in [0.5, 0.6) is 0 Å². The maximum absolute atomic E-state index is 6.21. The Morgan fingerprint density at radius 2 is 2.20 bits per heavy atom. The van der Waals surface area contributed by atoms with Gasteiger partial charge >= 0.3 is 0 Å². The average Bonchev–Trinajstić information content (AvgIpc) is 3.04. The monoisotopic (exact) mass is 224 g/mol. The topological polar surface area (TPSA) is 15.3 Å². The van der Waals surface area contributed by atoms with Crippen LogP contribution in [0, 0.1) is 0 Å². The molecule has 0 aromatic heterocycles. The minimum Gasteiger partial charge on any atom is -0.371 e. The molecule has 0 unspecified atom stereocenters. The van der Waals surface area contributed by atoms with Gasteiger partial charge in [-0.1, -0.05) is 17.7 Å². The first-order chi connectivity index (χ1) is 7.24. The van der Waals surface area contributed by atoms with Crippen LogP contribution >= 0.6 is 11.6 Å². The molecule has 0 amide bonds. The van der Waals surface area contributed by atoms with Crippen LogP contribution in [-0.4, -0.2) is 20.1 Å². The third-order valence-corrected chi connectivity index (χ3v) is 3.28. The number of hydrogen-bond acceptors (Lipinski definition) is 2. The van der Waals surface area contributed by atoms with Gasteiger partial charge in [-0.15, -0.1) is 0 Å². The first-order valence-electron chi connectivity index (χ1n) is 5.39. The maximum Gasteiger partial charge on any atom is 0.0471 e. The standard InChI is InChI=1S/C12H17ClN2/c1-14-8-10-11(13)4-3-5-12(10)15(2)9-6-7-9/h3-5,9,14H,6-8H2,1-2H3. The number of halogens is 1. The molecule has 0 atom stereocenters. The second-order valence-corrected chi connectivity index (χ2v) is 4.52. The van der Waals surface area contributed by atoms with E-state index >= 15 is 0 Å². The Kier molecular flexibility index (Phi) is 3.17. The SMILES string of the molecule is CNCc1c(Cl)cccc1N(C)C1CC1. The van der Waals surface area contributed by atoms with E-state index in [2.05, 4.69) is 23.3 Å². The molecule has 82 valence electrons. The highest BCUT2D eigenvalue weighted by Gasteiger charge is 2.27. The van der Waals surface area contributed by atoms with Gasteiger partial charge < -0.3 is 10.2 Å². The average molecular weight is 225 g/mol. The van der Waals surface area contributed by atoms with Gasteiger partial charge in [0.1, 0.15) is 0 Å². The highest BCUT2D eigenvalue weighted by Crippen LogP contribution is 2.34. The zero-order valence-corrected chi connectivity index (χ0v) is 10.0. The molecule has 1 aliphatic carbocycles. The lowest BCUT2D eigenvalue weighted by atomic mass is 10.1. The van der Waals surface area contributed by atoms with Gasteiger partial charge in [0.05, 0.1) is 0 Å². The van der Waals surface area contributed by atoms with Crippen LogP contribution in [0.2, 0.25) is 5.02 Å². The summed E-state index contributed by atoms with van der Waals surface area (Å²) in [5.41, 5.74) is 2.47. The normalized spacial score (nSPS) is 15.4. The summed E-state index contributed by atoms with van der Waals surface area (Å²) in [5, 5.41) is 4.02. The van der Waals surface area contributed by atoms with E-state index in [1.807, 2.05) is 19.2 Å². The molecule has 0 spiro atoms. The minimum absolute atomic E-state index is 0.721. The maximum atomic E-state index is 6.21. The molecule has 1 fully saturated rings. The van der Waals surface area contributed by atoms with Gasteiger partial charge in [-0.2, -0.15) is 0 Å². The van der Waals surface area contributed by atoms with Gasteiger partial charge in [0, 0.05) is 35.9 Å². The fourth-order valence-electron chi connectivity index (χ4n) is 1.89. The Morgan fingerprint density at radius 1 is 1.47 bits per heavy atom. The molecule has 2 nitrogen and oxygen atoms in total. The van der Waals surface area contributed by atoms with E-state index in [-0.39, 0.29) is 0 Å². The number of benzene rings is 1.